The summed E-state index contributed by atoms with van der Waals surface area (Å²) in [7, 11) is 0. The van der Waals surface area contributed by atoms with Gasteiger partial charge in [0.1, 0.15) is 5.70 Å². The number of carbonyl (C=O) groups is 2. The van der Waals surface area contributed by atoms with E-state index in [0.717, 1.165) is 5.56 Å². The standard InChI is InChI=1S/C22H23ClN2O3/c1-2-19(24-20(26)16-6-4-3-5-7-16)21(27)25-14-12-22(28,13-15-25)17-8-10-18(23)11-9-17/h2-11,28H,12-15H2,1H3,(H,24,26)/b19-2-. The lowest BCUT2D eigenvalue weighted by atomic mass is 9.84. The Bertz CT molecular complexity index is 870. The van der Waals surface area contributed by atoms with Gasteiger partial charge in [0, 0.05) is 23.7 Å². The lowest BCUT2D eigenvalue weighted by Gasteiger charge is -2.38. The second-order valence-corrected chi connectivity index (χ2v) is 7.29. The molecule has 2 aromatic rings. The molecule has 0 atom stereocenters. The molecule has 2 amide bonds. The Morgan fingerprint density at radius 3 is 2.25 bits per heavy atom. The van der Waals surface area contributed by atoms with Crippen molar-refractivity contribution in [2.45, 2.75) is 25.4 Å². The van der Waals surface area contributed by atoms with Crippen molar-refractivity contribution in [3.05, 3.63) is 82.5 Å². The summed E-state index contributed by atoms with van der Waals surface area (Å²) in [6.07, 6.45) is 2.44. The van der Waals surface area contributed by atoms with E-state index in [4.69, 9.17) is 11.6 Å². The molecule has 1 fully saturated rings. The first-order chi connectivity index (χ1) is 13.4. The topological polar surface area (TPSA) is 69.6 Å². The predicted octanol–water partition coefficient (Wildman–Crippen LogP) is 3.48. The number of amides is 2. The monoisotopic (exact) mass is 398 g/mol. The SMILES string of the molecule is C/C=C(\NC(=O)c1ccccc1)C(=O)N1CCC(O)(c2ccc(Cl)cc2)CC1. The predicted molar refractivity (Wildman–Crippen MR) is 109 cm³/mol. The van der Waals surface area contributed by atoms with Crippen LogP contribution in [0, 0.1) is 0 Å². The molecule has 0 aliphatic carbocycles. The molecule has 5 nitrogen and oxygen atoms in total. The maximum absolute atomic E-state index is 12.8. The van der Waals surface area contributed by atoms with E-state index in [1.807, 2.05) is 18.2 Å². The Morgan fingerprint density at radius 2 is 1.68 bits per heavy atom. The van der Waals surface area contributed by atoms with E-state index in [1.165, 1.54) is 0 Å². The highest BCUT2D eigenvalue weighted by atomic mass is 35.5. The van der Waals surface area contributed by atoms with Gasteiger partial charge in [0.15, 0.2) is 0 Å². The summed E-state index contributed by atoms with van der Waals surface area (Å²) >= 11 is 5.92. The minimum absolute atomic E-state index is 0.241. The van der Waals surface area contributed by atoms with Crippen LogP contribution in [-0.4, -0.2) is 34.9 Å². The zero-order chi connectivity index (χ0) is 20.1. The number of nitrogens with zero attached hydrogens (tertiary/aromatic N) is 1. The molecule has 3 rings (SSSR count). The number of benzene rings is 2. The van der Waals surface area contributed by atoms with Crippen molar-refractivity contribution in [1.82, 2.24) is 10.2 Å². The van der Waals surface area contributed by atoms with Crippen LogP contribution in [0.3, 0.4) is 0 Å². The minimum Gasteiger partial charge on any atom is -0.385 e. The molecule has 0 spiro atoms. The fourth-order valence-electron chi connectivity index (χ4n) is 3.33. The third kappa shape index (κ3) is 4.43. The molecule has 2 aromatic carbocycles. The smallest absolute Gasteiger partial charge is 0.270 e. The minimum atomic E-state index is -0.981. The molecule has 1 aliphatic rings. The molecular formula is C22H23ClN2O3. The van der Waals surface area contributed by atoms with Gasteiger partial charge >= 0.3 is 0 Å². The van der Waals surface area contributed by atoms with Gasteiger partial charge in [-0.1, -0.05) is 48.0 Å². The number of carbonyl (C=O) groups excluding carboxylic acids is 2. The van der Waals surface area contributed by atoms with Crippen molar-refractivity contribution >= 4 is 23.4 Å². The van der Waals surface area contributed by atoms with Crippen molar-refractivity contribution in [1.29, 1.82) is 0 Å². The highest BCUT2D eigenvalue weighted by Crippen LogP contribution is 2.33. The van der Waals surface area contributed by atoms with Gasteiger partial charge in [0.05, 0.1) is 5.60 Å². The molecule has 1 saturated heterocycles. The molecule has 0 radical (unpaired) electrons. The number of likely N-dealkylation sites (tertiary alicyclic amines) is 1. The van der Waals surface area contributed by atoms with E-state index in [2.05, 4.69) is 5.32 Å². The Kier molecular flexibility index (Phi) is 6.17. The van der Waals surface area contributed by atoms with Gasteiger partial charge in [-0.15, -0.1) is 0 Å². The summed E-state index contributed by atoms with van der Waals surface area (Å²) in [5, 5.41) is 14.3. The molecular weight excluding hydrogens is 376 g/mol. The summed E-state index contributed by atoms with van der Waals surface area (Å²) in [6.45, 7) is 2.51. The van der Waals surface area contributed by atoms with E-state index in [9.17, 15) is 14.7 Å². The first kappa shape index (κ1) is 20.1. The first-order valence-electron chi connectivity index (χ1n) is 9.23. The van der Waals surface area contributed by atoms with Crippen molar-refractivity contribution < 1.29 is 14.7 Å². The van der Waals surface area contributed by atoms with Crippen LogP contribution in [0.4, 0.5) is 0 Å². The number of aliphatic hydroxyl groups is 1. The fourth-order valence-corrected chi connectivity index (χ4v) is 3.46. The van der Waals surface area contributed by atoms with Gasteiger partial charge in [-0.2, -0.15) is 0 Å². The van der Waals surface area contributed by atoms with Crippen LogP contribution < -0.4 is 5.32 Å². The first-order valence-corrected chi connectivity index (χ1v) is 9.61. The summed E-state index contributed by atoms with van der Waals surface area (Å²) in [4.78, 5) is 26.8. The van der Waals surface area contributed by atoms with Gasteiger partial charge in [0.2, 0.25) is 0 Å². The average molecular weight is 399 g/mol. The maximum atomic E-state index is 12.8. The van der Waals surface area contributed by atoms with Gasteiger partial charge in [-0.25, -0.2) is 0 Å². The van der Waals surface area contributed by atoms with Crippen LogP contribution in [0.5, 0.6) is 0 Å². The quantitative estimate of drug-likeness (QED) is 0.774. The number of hydrogen-bond donors (Lipinski definition) is 2. The highest BCUT2D eigenvalue weighted by Gasteiger charge is 2.36. The molecule has 1 aliphatic heterocycles. The van der Waals surface area contributed by atoms with E-state index in [0.29, 0.717) is 36.5 Å². The largest absolute Gasteiger partial charge is 0.385 e. The van der Waals surface area contributed by atoms with E-state index >= 15 is 0 Å². The zero-order valence-corrected chi connectivity index (χ0v) is 16.4. The maximum Gasteiger partial charge on any atom is 0.270 e. The number of nitrogens with one attached hydrogen (secondary N) is 1. The fraction of sp³-hybridized carbons (Fsp3) is 0.273. The summed E-state index contributed by atoms with van der Waals surface area (Å²) < 4.78 is 0. The number of allylic oxidation sites excluding steroid dienone is 1. The summed E-state index contributed by atoms with van der Waals surface area (Å²) in [6, 6.07) is 15.9. The number of halogens is 1. The van der Waals surface area contributed by atoms with Gasteiger partial charge < -0.3 is 15.3 Å². The van der Waals surface area contributed by atoms with Crippen molar-refractivity contribution in [2.75, 3.05) is 13.1 Å². The third-order valence-corrected chi connectivity index (χ3v) is 5.31. The Morgan fingerprint density at radius 1 is 1.07 bits per heavy atom. The summed E-state index contributed by atoms with van der Waals surface area (Å²) in [5.41, 5.74) is 0.550. The molecule has 0 aromatic heterocycles. The van der Waals surface area contributed by atoms with Crippen LogP contribution in [0.15, 0.2) is 66.4 Å². The van der Waals surface area contributed by atoms with Crippen LogP contribution in [0.25, 0.3) is 0 Å². The zero-order valence-electron chi connectivity index (χ0n) is 15.7. The van der Waals surface area contributed by atoms with Crippen molar-refractivity contribution in [3.8, 4) is 0 Å². The lowest BCUT2D eigenvalue weighted by Crippen LogP contribution is -2.47. The third-order valence-electron chi connectivity index (χ3n) is 5.06. The molecule has 0 saturated carbocycles. The van der Waals surface area contributed by atoms with Crippen LogP contribution in [0.2, 0.25) is 5.02 Å². The van der Waals surface area contributed by atoms with Crippen LogP contribution >= 0.6 is 11.6 Å². The Balaban J connectivity index is 1.63. The molecule has 6 heteroatoms. The van der Waals surface area contributed by atoms with Crippen molar-refractivity contribution in [2.24, 2.45) is 0 Å². The van der Waals surface area contributed by atoms with E-state index in [1.54, 1.807) is 54.3 Å². The molecule has 146 valence electrons. The van der Waals surface area contributed by atoms with Gasteiger partial charge in [-0.3, -0.25) is 9.59 Å². The normalized spacial score (nSPS) is 16.5. The van der Waals surface area contributed by atoms with Gasteiger partial charge in [0.25, 0.3) is 11.8 Å². The van der Waals surface area contributed by atoms with E-state index in [-0.39, 0.29) is 17.5 Å². The average Bonchev–Trinajstić information content (AvgIpc) is 2.73. The Hall–Kier alpha value is -2.63. The molecule has 0 bridgehead atoms. The number of rotatable bonds is 4. The molecule has 1 heterocycles. The molecule has 28 heavy (non-hydrogen) atoms. The summed E-state index contributed by atoms with van der Waals surface area (Å²) in [5.74, 6) is -0.568. The number of piperidine rings is 1. The molecule has 0 unspecified atom stereocenters. The Labute approximate surface area is 169 Å². The second kappa shape index (κ2) is 8.59. The van der Waals surface area contributed by atoms with Crippen LogP contribution in [-0.2, 0) is 10.4 Å². The highest BCUT2D eigenvalue weighted by molar-refractivity contribution is 6.30. The molecule has 2 N–H and O–H groups in total. The van der Waals surface area contributed by atoms with Gasteiger partial charge in [-0.05, 0) is 49.6 Å². The van der Waals surface area contributed by atoms with E-state index < -0.39 is 5.60 Å². The van der Waals surface area contributed by atoms with Crippen LogP contribution in [0.1, 0.15) is 35.7 Å². The lowest BCUT2D eigenvalue weighted by molar-refractivity contribution is -0.132. The second-order valence-electron chi connectivity index (χ2n) is 6.85. The van der Waals surface area contributed by atoms with Crippen molar-refractivity contribution in [3.63, 3.8) is 0 Å². The number of hydrogen-bond acceptors (Lipinski definition) is 3.